The van der Waals surface area contributed by atoms with E-state index in [-0.39, 0.29) is 28.6 Å². The summed E-state index contributed by atoms with van der Waals surface area (Å²) in [4.78, 5) is 12.6. The molecular weight excluding hydrogens is 389 g/mol. The molecule has 1 fully saturated rings. The second-order valence-electron chi connectivity index (χ2n) is 6.37. The lowest BCUT2D eigenvalue weighted by Gasteiger charge is -2.39. The number of halogens is 4. The van der Waals surface area contributed by atoms with Crippen molar-refractivity contribution in [1.82, 2.24) is 5.01 Å². The highest BCUT2D eigenvalue weighted by atomic mass is 79.9. The lowest BCUT2D eigenvalue weighted by molar-refractivity contribution is -0.313. The van der Waals surface area contributed by atoms with E-state index in [0.29, 0.717) is 17.3 Å². The average Bonchev–Trinajstić information content (AvgIpc) is 2.81. The first-order chi connectivity index (χ1) is 11.1. The molecule has 0 saturated heterocycles. The lowest BCUT2D eigenvalue weighted by atomic mass is 9.76. The van der Waals surface area contributed by atoms with E-state index in [1.165, 1.54) is 12.1 Å². The molecule has 3 atom stereocenters. The predicted octanol–water partition coefficient (Wildman–Crippen LogP) is 3.95. The Labute approximate surface area is 145 Å². The van der Waals surface area contributed by atoms with Gasteiger partial charge in [0.2, 0.25) is 0 Å². The Morgan fingerprint density at radius 3 is 2.58 bits per heavy atom. The Morgan fingerprint density at radius 1 is 1.38 bits per heavy atom. The molecule has 1 aromatic rings. The molecule has 0 aromatic heterocycles. The summed E-state index contributed by atoms with van der Waals surface area (Å²) in [6.45, 7) is 1.84. The second kappa shape index (κ2) is 5.84. The molecule has 0 bridgehead atoms. The number of rotatable bonds is 1. The number of hydrogen-bond donors (Lipinski definition) is 1. The second-order valence-corrected chi connectivity index (χ2v) is 7.29. The third kappa shape index (κ3) is 2.65. The van der Waals surface area contributed by atoms with Crippen LogP contribution in [0.25, 0.3) is 0 Å². The van der Waals surface area contributed by atoms with E-state index in [1.54, 1.807) is 12.1 Å². The fourth-order valence-electron chi connectivity index (χ4n) is 3.33. The molecule has 1 aliphatic carbocycles. The number of aliphatic hydroxyl groups is 1. The SMILES string of the molecule is C[C@@H]1CCC2=NN(C(=O)c3ccc(Br)cc3)[C@@](O)(C(F)(F)F)[C@@H]2C1. The van der Waals surface area contributed by atoms with Gasteiger partial charge in [-0.3, -0.25) is 4.79 Å². The van der Waals surface area contributed by atoms with Crippen molar-refractivity contribution in [1.29, 1.82) is 0 Å². The molecule has 4 nitrogen and oxygen atoms in total. The molecule has 2 aliphatic rings. The molecular formula is C16H16BrF3N2O2. The Morgan fingerprint density at radius 2 is 2.00 bits per heavy atom. The first-order valence-electron chi connectivity index (χ1n) is 7.61. The van der Waals surface area contributed by atoms with Crippen molar-refractivity contribution in [3.8, 4) is 0 Å². The van der Waals surface area contributed by atoms with Crippen molar-refractivity contribution in [3.63, 3.8) is 0 Å². The number of alkyl halides is 3. The van der Waals surface area contributed by atoms with Gasteiger partial charge in [-0.2, -0.15) is 23.3 Å². The molecule has 3 rings (SSSR count). The zero-order chi connectivity index (χ0) is 17.7. The number of benzene rings is 1. The summed E-state index contributed by atoms with van der Waals surface area (Å²) < 4.78 is 41.8. The van der Waals surface area contributed by atoms with E-state index in [4.69, 9.17) is 0 Å². The van der Waals surface area contributed by atoms with Crippen LogP contribution in [0.4, 0.5) is 13.2 Å². The number of hydrazone groups is 1. The number of fused-ring (bicyclic) bond motifs is 1. The van der Waals surface area contributed by atoms with Crippen LogP contribution in [0.15, 0.2) is 33.8 Å². The van der Waals surface area contributed by atoms with Crippen LogP contribution >= 0.6 is 15.9 Å². The van der Waals surface area contributed by atoms with E-state index in [1.807, 2.05) is 6.92 Å². The number of carbonyl (C=O) groups excluding carboxylic acids is 1. The van der Waals surface area contributed by atoms with E-state index in [2.05, 4.69) is 21.0 Å². The molecule has 0 radical (unpaired) electrons. The van der Waals surface area contributed by atoms with Crippen molar-refractivity contribution in [2.75, 3.05) is 0 Å². The van der Waals surface area contributed by atoms with Crippen LogP contribution < -0.4 is 0 Å². The normalized spacial score (nSPS) is 30.1. The first-order valence-corrected chi connectivity index (χ1v) is 8.40. The summed E-state index contributed by atoms with van der Waals surface area (Å²) >= 11 is 3.21. The molecule has 1 saturated carbocycles. The van der Waals surface area contributed by atoms with Gasteiger partial charge in [-0.25, -0.2) is 0 Å². The Kier molecular flexibility index (Phi) is 4.24. The van der Waals surface area contributed by atoms with E-state index >= 15 is 0 Å². The fourth-order valence-corrected chi connectivity index (χ4v) is 3.59. The van der Waals surface area contributed by atoms with Gasteiger partial charge in [0, 0.05) is 15.7 Å². The van der Waals surface area contributed by atoms with Crippen molar-refractivity contribution >= 4 is 27.5 Å². The molecule has 1 amide bonds. The fraction of sp³-hybridized carbons (Fsp3) is 0.500. The van der Waals surface area contributed by atoms with E-state index < -0.39 is 23.7 Å². The molecule has 24 heavy (non-hydrogen) atoms. The van der Waals surface area contributed by atoms with Crippen LogP contribution in [-0.4, -0.2) is 33.6 Å². The van der Waals surface area contributed by atoms with Crippen LogP contribution in [-0.2, 0) is 0 Å². The van der Waals surface area contributed by atoms with Gasteiger partial charge in [-0.1, -0.05) is 22.9 Å². The Bertz CT molecular complexity index is 690. The van der Waals surface area contributed by atoms with Gasteiger partial charge >= 0.3 is 6.18 Å². The third-order valence-corrected chi connectivity index (χ3v) is 5.20. The number of nitrogens with zero attached hydrogens (tertiary/aromatic N) is 2. The summed E-state index contributed by atoms with van der Waals surface area (Å²) in [6.07, 6.45) is -3.79. The third-order valence-electron chi connectivity index (χ3n) is 4.67. The first kappa shape index (κ1) is 17.4. The molecule has 1 heterocycles. The zero-order valence-corrected chi connectivity index (χ0v) is 14.4. The topological polar surface area (TPSA) is 52.9 Å². The number of amides is 1. The lowest BCUT2D eigenvalue weighted by Crippen LogP contribution is -2.61. The van der Waals surface area contributed by atoms with Gasteiger partial charge < -0.3 is 5.11 Å². The molecule has 1 N–H and O–H groups in total. The van der Waals surface area contributed by atoms with Crippen LogP contribution in [0.3, 0.4) is 0 Å². The molecule has 1 aromatic carbocycles. The predicted molar refractivity (Wildman–Crippen MR) is 85.3 cm³/mol. The number of carbonyl (C=O) groups is 1. The van der Waals surface area contributed by atoms with Crippen molar-refractivity contribution in [2.24, 2.45) is 16.9 Å². The van der Waals surface area contributed by atoms with Crippen LogP contribution in [0, 0.1) is 11.8 Å². The molecule has 8 heteroatoms. The Hall–Kier alpha value is -1.41. The minimum Gasteiger partial charge on any atom is -0.362 e. The quantitative estimate of drug-likeness (QED) is 0.770. The maximum Gasteiger partial charge on any atom is 0.439 e. The van der Waals surface area contributed by atoms with Gasteiger partial charge in [0.25, 0.3) is 11.6 Å². The summed E-state index contributed by atoms with van der Waals surface area (Å²) in [7, 11) is 0. The molecule has 0 spiro atoms. The van der Waals surface area contributed by atoms with E-state index in [0.717, 1.165) is 0 Å². The van der Waals surface area contributed by atoms with Gasteiger partial charge in [0.1, 0.15) is 0 Å². The highest BCUT2D eigenvalue weighted by Gasteiger charge is 2.68. The molecule has 1 aliphatic heterocycles. The van der Waals surface area contributed by atoms with Crippen molar-refractivity contribution in [3.05, 3.63) is 34.3 Å². The van der Waals surface area contributed by atoms with Gasteiger partial charge in [0.15, 0.2) is 0 Å². The van der Waals surface area contributed by atoms with Crippen molar-refractivity contribution < 1.29 is 23.1 Å². The monoisotopic (exact) mass is 404 g/mol. The summed E-state index contributed by atoms with van der Waals surface area (Å²) in [5.74, 6) is -2.14. The Balaban J connectivity index is 2.03. The average molecular weight is 405 g/mol. The van der Waals surface area contributed by atoms with Gasteiger partial charge in [-0.15, -0.1) is 0 Å². The van der Waals surface area contributed by atoms with E-state index in [9.17, 15) is 23.1 Å². The molecule has 0 unspecified atom stereocenters. The summed E-state index contributed by atoms with van der Waals surface area (Å²) in [5.41, 5.74) is -3.00. The largest absolute Gasteiger partial charge is 0.439 e. The van der Waals surface area contributed by atoms with Crippen LogP contribution in [0.1, 0.15) is 36.5 Å². The van der Waals surface area contributed by atoms with Gasteiger partial charge in [0.05, 0.1) is 5.92 Å². The summed E-state index contributed by atoms with van der Waals surface area (Å²) in [6, 6.07) is 5.90. The summed E-state index contributed by atoms with van der Waals surface area (Å²) in [5, 5.41) is 14.7. The highest BCUT2D eigenvalue weighted by Crippen LogP contribution is 2.49. The number of hydrogen-bond acceptors (Lipinski definition) is 3. The maximum atomic E-state index is 13.7. The zero-order valence-electron chi connectivity index (χ0n) is 12.8. The minimum atomic E-state index is -5.00. The van der Waals surface area contributed by atoms with Crippen LogP contribution in [0.2, 0.25) is 0 Å². The maximum absolute atomic E-state index is 13.7. The highest BCUT2D eigenvalue weighted by molar-refractivity contribution is 9.10. The van der Waals surface area contributed by atoms with Crippen molar-refractivity contribution in [2.45, 2.75) is 38.1 Å². The smallest absolute Gasteiger partial charge is 0.362 e. The standard InChI is InChI=1S/C16H16BrF3N2O2/c1-9-2-7-13-12(8-9)15(24,16(18,19)20)22(21-13)14(23)10-3-5-11(17)6-4-10/h3-6,9,12,24H,2,7-8H2,1H3/t9-,12-,15+/m1/s1. The van der Waals surface area contributed by atoms with Crippen LogP contribution in [0.5, 0.6) is 0 Å². The van der Waals surface area contributed by atoms with Gasteiger partial charge in [-0.05, 0) is 49.4 Å². The minimum absolute atomic E-state index is 0.0329. The molecule has 130 valence electrons.